The fourth-order valence-electron chi connectivity index (χ4n) is 3.28. The van der Waals surface area contributed by atoms with Crippen molar-refractivity contribution >= 4 is 28.3 Å². The predicted molar refractivity (Wildman–Crippen MR) is 122 cm³/mol. The number of hydrogen-bond donors (Lipinski definition) is 1. The molecule has 0 aliphatic carbocycles. The van der Waals surface area contributed by atoms with E-state index in [1.807, 2.05) is 49.4 Å². The fourth-order valence-corrected chi connectivity index (χ4v) is 3.28. The number of anilines is 1. The molecule has 0 aliphatic rings. The van der Waals surface area contributed by atoms with Crippen LogP contribution in [-0.4, -0.2) is 28.3 Å². The van der Waals surface area contributed by atoms with Gasteiger partial charge in [-0.15, -0.1) is 0 Å². The van der Waals surface area contributed by atoms with Gasteiger partial charge < -0.3 is 10.1 Å². The summed E-state index contributed by atoms with van der Waals surface area (Å²) in [6, 6.07) is 23.3. The number of esters is 1. The highest BCUT2D eigenvalue weighted by Gasteiger charge is 2.19. The third-order valence-electron chi connectivity index (χ3n) is 4.91. The van der Waals surface area contributed by atoms with Crippen molar-refractivity contribution in [1.82, 2.24) is 9.78 Å². The lowest BCUT2D eigenvalue weighted by Crippen LogP contribution is -2.28. The van der Waals surface area contributed by atoms with Crippen molar-refractivity contribution in [3.05, 3.63) is 106 Å². The zero-order valence-electron chi connectivity index (χ0n) is 17.4. The number of fused-ring (bicyclic) bond motifs is 1. The smallest absolute Gasteiger partial charge is 0.359 e. The van der Waals surface area contributed by atoms with Crippen molar-refractivity contribution in [3.8, 4) is 0 Å². The molecule has 0 radical (unpaired) electrons. The first-order valence-electron chi connectivity index (χ1n) is 10.1. The van der Waals surface area contributed by atoms with Gasteiger partial charge in [0.25, 0.3) is 11.5 Å². The molecule has 3 aromatic carbocycles. The molecular formula is C25H21N3O4. The van der Waals surface area contributed by atoms with Gasteiger partial charge in [-0.2, -0.15) is 5.10 Å². The highest BCUT2D eigenvalue weighted by molar-refractivity contribution is 6.03. The first-order chi connectivity index (χ1) is 15.5. The van der Waals surface area contributed by atoms with Crippen molar-refractivity contribution < 1.29 is 14.3 Å². The molecule has 1 aromatic heterocycles. The van der Waals surface area contributed by atoms with Gasteiger partial charge in [0, 0.05) is 11.1 Å². The summed E-state index contributed by atoms with van der Waals surface area (Å²) in [4.78, 5) is 37.9. The Bertz CT molecular complexity index is 1330. The molecule has 1 amide bonds. The summed E-state index contributed by atoms with van der Waals surface area (Å²) in [6.07, 6.45) is 0. The van der Waals surface area contributed by atoms with Crippen LogP contribution in [-0.2, 0) is 16.1 Å². The molecule has 4 rings (SSSR count). The molecule has 4 aromatic rings. The van der Waals surface area contributed by atoms with Gasteiger partial charge in [0.15, 0.2) is 12.3 Å². The minimum Gasteiger partial charge on any atom is -0.451 e. The maximum absolute atomic E-state index is 12.9. The highest BCUT2D eigenvalue weighted by atomic mass is 16.5. The van der Waals surface area contributed by atoms with Crippen LogP contribution in [0.15, 0.2) is 83.7 Å². The Hall–Kier alpha value is -4.26. The first-order valence-corrected chi connectivity index (χ1v) is 10.1. The maximum Gasteiger partial charge on any atom is 0.359 e. The Balaban J connectivity index is 1.56. The summed E-state index contributed by atoms with van der Waals surface area (Å²) in [5.74, 6) is -1.24. The summed E-state index contributed by atoms with van der Waals surface area (Å²) < 4.78 is 6.45. The molecule has 0 aliphatic heterocycles. The van der Waals surface area contributed by atoms with E-state index in [-0.39, 0.29) is 17.8 Å². The third-order valence-corrected chi connectivity index (χ3v) is 4.91. The van der Waals surface area contributed by atoms with E-state index in [4.69, 9.17) is 4.74 Å². The van der Waals surface area contributed by atoms with Crippen molar-refractivity contribution in [2.45, 2.75) is 13.5 Å². The number of nitrogens with one attached hydrogen (secondary N) is 1. The SMILES string of the molecule is Cc1ccc(NC(=O)COC(=O)c2nn(Cc3ccccc3)c(=O)c3ccccc23)cc1. The van der Waals surface area contributed by atoms with Crippen molar-refractivity contribution in [3.63, 3.8) is 0 Å². The number of nitrogens with zero attached hydrogens (tertiary/aromatic N) is 2. The largest absolute Gasteiger partial charge is 0.451 e. The molecule has 0 saturated carbocycles. The number of benzene rings is 3. The van der Waals surface area contributed by atoms with Gasteiger partial charge in [0.05, 0.1) is 11.9 Å². The second kappa shape index (κ2) is 9.26. The Morgan fingerprint density at radius 2 is 1.56 bits per heavy atom. The molecule has 32 heavy (non-hydrogen) atoms. The molecule has 0 fully saturated rings. The average Bonchev–Trinajstić information content (AvgIpc) is 2.81. The molecule has 0 bridgehead atoms. The third kappa shape index (κ3) is 4.73. The number of ether oxygens (including phenoxy) is 1. The van der Waals surface area contributed by atoms with Gasteiger partial charge in [0.1, 0.15) is 0 Å². The second-order valence-corrected chi connectivity index (χ2v) is 7.33. The monoisotopic (exact) mass is 427 g/mol. The van der Waals surface area contributed by atoms with Crippen LogP contribution in [0.4, 0.5) is 5.69 Å². The lowest BCUT2D eigenvalue weighted by molar-refractivity contribution is -0.119. The Morgan fingerprint density at radius 3 is 2.28 bits per heavy atom. The Morgan fingerprint density at radius 1 is 0.906 bits per heavy atom. The number of amides is 1. The van der Waals surface area contributed by atoms with Gasteiger partial charge in [-0.25, -0.2) is 9.48 Å². The van der Waals surface area contributed by atoms with Gasteiger partial charge in [-0.3, -0.25) is 9.59 Å². The van der Waals surface area contributed by atoms with Gasteiger partial charge in [0.2, 0.25) is 0 Å². The van der Waals surface area contributed by atoms with E-state index in [0.29, 0.717) is 16.5 Å². The van der Waals surface area contributed by atoms with Crippen LogP contribution >= 0.6 is 0 Å². The highest BCUT2D eigenvalue weighted by Crippen LogP contribution is 2.15. The lowest BCUT2D eigenvalue weighted by Gasteiger charge is -2.11. The topological polar surface area (TPSA) is 90.3 Å². The van der Waals surface area contributed by atoms with Gasteiger partial charge in [-0.05, 0) is 30.7 Å². The molecule has 0 atom stereocenters. The molecule has 7 heteroatoms. The number of carbonyl (C=O) groups is 2. The maximum atomic E-state index is 12.9. The Kier molecular flexibility index (Phi) is 6.07. The van der Waals surface area contributed by atoms with Gasteiger partial charge in [-0.1, -0.05) is 66.2 Å². The molecular weight excluding hydrogens is 406 g/mol. The summed E-state index contributed by atoms with van der Waals surface area (Å²) >= 11 is 0. The number of hydrogen-bond acceptors (Lipinski definition) is 5. The van der Waals surface area contributed by atoms with E-state index in [2.05, 4.69) is 10.4 Å². The van der Waals surface area contributed by atoms with Crippen LogP contribution in [0.25, 0.3) is 10.8 Å². The van der Waals surface area contributed by atoms with Crippen molar-refractivity contribution in [2.75, 3.05) is 11.9 Å². The number of aryl methyl sites for hydroxylation is 1. The van der Waals surface area contributed by atoms with E-state index in [1.54, 1.807) is 36.4 Å². The molecule has 0 saturated heterocycles. The number of rotatable bonds is 6. The number of carbonyl (C=O) groups excluding carboxylic acids is 2. The summed E-state index contributed by atoms with van der Waals surface area (Å²) in [7, 11) is 0. The van der Waals surface area contributed by atoms with E-state index in [9.17, 15) is 14.4 Å². The summed E-state index contributed by atoms with van der Waals surface area (Å²) in [5.41, 5.74) is 2.22. The quantitative estimate of drug-likeness (QED) is 0.475. The van der Waals surface area contributed by atoms with Crippen molar-refractivity contribution in [2.24, 2.45) is 0 Å². The summed E-state index contributed by atoms with van der Waals surface area (Å²) in [5, 5.41) is 7.68. The average molecular weight is 427 g/mol. The minimum absolute atomic E-state index is 0.0146. The molecule has 160 valence electrons. The zero-order chi connectivity index (χ0) is 22.5. The molecule has 0 spiro atoms. The Labute approximate surface area is 184 Å². The summed E-state index contributed by atoms with van der Waals surface area (Å²) in [6.45, 7) is 1.68. The van der Waals surface area contributed by atoms with Crippen LogP contribution < -0.4 is 10.9 Å². The van der Waals surface area contributed by atoms with Crippen molar-refractivity contribution in [1.29, 1.82) is 0 Å². The minimum atomic E-state index is -0.776. The van der Waals surface area contributed by atoms with Crippen LogP contribution in [0.1, 0.15) is 21.6 Å². The van der Waals surface area contributed by atoms with Crippen LogP contribution in [0.5, 0.6) is 0 Å². The molecule has 1 N–H and O–H groups in total. The normalized spacial score (nSPS) is 10.7. The standard InChI is InChI=1S/C25H21N3O4/c1-17-11-13-19(14-12-17)26-22(29)16-32-25(31)23-20-9-5-6-10-21(20)24(30)28(27-23)15-18-7-3-2-4-8-18/h2-14H,15-16H2,1H3,(H,26,29). The molecule has 1 heterocycles. The van der Waals surface area contributed by atoms with Crippen LogP contribution in [0, 0.1) is 6.92 Å². The van der Waals surface area contributed by atoms with E-state index in [1.165, 1.54) is 4.68 Å². The lowest BCUT2D eigenvalue weighted by atomic mass is 10.1. The van der Waals surface area contributed by atoms with Crippen LogP contribution in [0.3, 0.4) is 0 Å². The van der Waals surface area contributed by atoms with Crippen LogP contribution in [0.2, 0.25) is 0 Å². The molecule has 0 unspecified atom stereocenters. The zero-order valence-corrected chi connectivity index (χ0v) is 17.4. The first kappa shape index (κ1) is 21.0. The molecule has 7 nitrogen and oxygen atoms in total. The van der Waals surface area contributed by atoms with E-state index < -0.39 is 18.5 Å². The van der Waals surface area contributed by atoms with E-state index >= 15 is 0 Å². The predicted octanol–water partition coefficient (Wildman–Crippen LogP) is 3.55. The fraction of sp³-hybridized carbons (Fsp3) is 0.120. The second-order valence-electron chi connectivity index (χ2n) is 7.33. The van der Waals surface area contributed by atoms with E-state index in [0.717, 1.165) is 11.1 Å². The van der Waals surface area contributed by atoms with Gasteiger partial charge >= 0.3 is 5.97 Å². The number of aromatic nitrogens is 2.